The van der Waals surface area contributed by atoms with Crippen LogP contribution in [0.3, 0.4) is 0 Å². The molecule has 0 aliphatic carbocycles. The Bertz CT molecular complexity index is 717. The number of aliphatic carboxylic acids is 1. The predicted octanol–water partition coefficient (Wildman–Crippen LogP) is 2.19. The minimum absolute atomic E-state index is 0.256. The monoisotopic (exact) mass is 354 g/mol. The van der Waals surface area contributed by atoms with Gasteiger partial charge in [-0.1, -0.05) is 24.4 Å². The number of carbonyl (C=O) groups excluding carboxylic acids is 1. The fourth-order valence-corrected chi connectivity index (χ4v) is 6.78. The molecule has 1 aromatic carbocycles. The number of thioether (sulfide) groups is 1. The van der Waals surface area contributed by atoms with Crippen LogP contribution in [-0.4, -0.2) is 49.4 Å². The summed E-state index contributed by atoms with van der Waals surface area (Å²) in [6, 6.07) is 8.06. The van der Waals surface area contributed by atoms with Crippen molar-refractivity contribution >= 4 is 60.5 Å². The number of anilines is 1. The number of thiocarbonyl (C=S) groups is 1. The van der Waals surface area contributed by atoms with Crippen LogP contribution in [0.4, 0.5) is 5.69 Å². The summed E-state index contributed by atoms with van der Waals surface area (Å²) in [7, 11) is -0.360. The molecular formula is C14H14N2O3S3. The van der Waals surface area contributed by atoms with Crippen LogP contribution in [0, 0.1) is 0 Å². The van der Waals surface area contributed by atoms with Crippen LogP contribution in [0.1, 0.15) is 6.92 Å². The number of hydrogen-bond donors (Lipinski definition) is 1. The third kappa shape index (κ3) is 2.55. The Morgan fingerprint density at radius 1 is 1.45 bits per heavy atom. The van der Waals surface area contributed by atoms with Crippen molar-refractivity contribution in [2.24, 2.45) is 0 Å². The molecule has 3 rings (SSSR count). The molecule has 1 atom stereocenters. The standard InChI is InChI=1S/C14H14N2O3S3/c1-2-15-8-22(10-6-4-3-5-9(10)15)13-12(19)16(7-11(17)18)14(20)21-13/h3-6H,2,7-8H2,1H3,(H,17,18). The number of carbonyl (C=O) groups is 2. The van der Waals surface area contributed by atoms with E-state index in [4.69, 9.17) is 17.3 Å². The average molecular weight is 354 g/mol. The van der Waals surface area contributed by atoms with E-state index in [-0.39, 0.29) is 22.9 Å². The highest BCUT2D eigenvalue weighted by molar-refractivity contribution is 8.45. The zero-order chi connectivity index (χ0) is 15.9. The minimum Gasteiger partial charge on any atom is -0.480 e. The van der Waals surface area contributed by atoms with Crippen LogP contribution in [0.25, 0.3) is 0 Å². The highest BCUT2D eigenvalue weighted by atomic mass is 32.2. The third-order valence-corrected chi connectivity index (χ3v) is 7.62. The first-order chi connectivity index (χ1) is 10.5. The van der Waals surface area contributed by atoms with Gasteiger partial charge in [-0.3, -0.25) is 14.5 Å². The summed E-state index contributed by atoms with van der Waals surface area (Å²) in [5, 5.41) is 8.92. The minimum atomic E-state index is -1.05. The Kier molecular flexibility index (Phi) is 4.24. The second-order valence-electron chi connectivity index (χ2n) is 4.78. The predicted molar refractivity (Wildman–Crippen MR) is 94.7 cm³/mol. The first kappa shape index (κ1) is 15.5. The Morgan fingerprint density at radius 3 is 2.86 bits per heavy atom. The number of amides is 1. The van der Waals surface area contributed by atoms with Gasteiger partial charge >= 0.3 is 5.97 Å². The Balaban J connectivity index is 2.03. The van der Waals surface area contributed by atoms with Crippen molar-refractivity contribution in [1.82, 2.24) is 4.90 Å². The van der Waals surface area contributed by atoms with Gasteiger partial charge in [-0.05, 0) is 30.8 Å². The van der Waals surface area contributed by atoms with E-state index in [9.17, 15) is 9.59 Å². The van der Waals surface area contributed by atoms with Crippen LogP contribution in [0.5, 0.6) is 0 Å². The SMILES string of the molecule is CCN1C/S(=C2/SC(=S)N(CC(=O)O)C2=O)c2ccccc21. The molecule has 1 fully saturated rings. The summed E-state index contributed by atoms with van der Waals surface area (Å²) < 4.78 is 0.997. The van der Waals surface area contributed by atoms with E-state index in [0.29, 0.717) is 8.52 Å². The third-order valence-electron chi connectivity index (χ3n) is 3.48. The molecule has 0 spiro atoms. The lowest BCUT2D eigenvalue weighted by atomic mass is 10.3. The molecule has 22 heavy (non-hydrogen) atoms. The molecular weight excluding hydrogens is 340 g/mol. The fraction of sp³-hybridized carbons (Fsp3) is 0.286. The van der Waals surface area contributed by atoms with E-state index in [1.165, 1.54) is 16.7 Å². The summed E-state index contributed by atoms with van der Waals surface area (Å²) in [5.74, 6) is -0.552. The first-order valence-electron chi connectivity index (χ1n) is 6.70. The number of fused-ring (bicyclic) bond motifs is 1. The van der Waals surface area contributed by atoms with Gasteiger partial charge in [0.2, 0.25) is 0 Å². The highest BCUT2D eigenvalue weighted by Crippen LogP contribution is 2.47. The van der Waals surface area contributed by atoms with Crippen LogP contribution in [0.2, 0.25) is 0 Å². The number of carboxylic acid groups (broad SMARTS) is 1. The number of benzene rings is 1. The quantitative estimate of drug-likeness (QED) is 0.840. The lowest BCUT2D eigenvalue weighted by Crippen LogP contribution is -2.34. The molecule has 0 saturated carbocycles. The molecule has 0 aromatic heterocycles. The smallest absolute Gasteiger partial charge is 0.323 e. The van der Waals surface area contributed by atoms with E-state index in [2.05, 4.69) is 17.9 Å². The number of hydrogen-bond acceptors (Lipinski definition) is 5. The van der Waals surface area contributed by atoms with Gasteiger partial charge in [-0.15, -0.1) is 10.5 Å². The van der Waals surface area contributed by atoms with Crippen molar-refractivity contribution in [3.63, 3.8) is 0 Å². The van der Waals surface area contributed by atoms with E-state index in [1.54, 1.807) is 0 Å². The molecule has 1 N–H and O–H groups in total. The number of rotatable bonds is 3. The topological polar surface area (TPSA) is 60.9 Å². The van der Waals surface area contributed by atoms with E-state index in [0.717, 1.165) is 23.0 Å². The van der Waals surface area contributed by atoms with Crippen molar-refractivity contribution < 1.29 is 14.7 Å². The lowest BCUT2D eigenvalue weighted by Gasteiger charge is -2.15. The molecule has 1 unspecified atom stereocenters. The Hall–Kier alpha value is -1.38. The van der Waals surface area contributed by atoms with E-state index >= 15 is 0 Å². The summed E-state index contributed by atoms with van der Waals surface area (Å²) in [6.07, 6.45) is 0. The van der Waals surface area contributed by atoms with E-state index < -0.39 is 5.97 Å². The summed E-state index contributed by atoms with van der Waals surface area (Å²) in [5.41, 5.74) is 1.15. The maximum absolute atomic E-state index is 12.5. The van der Waals surface area contributed by atoms with Gasteiger partial charge < -0.3 is 10.0 Å². The largest absolute Gasteiger partial charge is 0.480 e. The van der Waals surface area contributed by atoms with Gasteiger partial charge in [-0.25, -0.2) is 0 Å². The number of para-hydroxylation sites is 1. The van der Waals surface area contributed by atoms with Gasteiger partial charge in [0.25, 0.3) is 5.91 Å². The molecule has 8 heteroatoms. The average Bonchev–Trinajstić information content (AvgIpc) is 2.99. The van der Waals surface area contributed by atoms with Crippen LogP contribution in [0.15, 0.2) is 29.2 Å². The molecule has 116 valence electrons. The molecule has 5 nitrogen and oxygen atoms in total. The van der Waals surface area contributed by atoms with Gasteiger partial charge in [0.05, 0.1) is 11.6 Å². The number of carboxylic acids is 1. The zero-order valence-electron chi connectivity index (χ0n) is 11.8. The van der Waals surface area contributed by atoms with Crippen molar-refractivity contribution in [2.75, 3.05) is 23.9 Å². The number of nitrogens with zero attached hydrogens (tertiary/aromatic N) is 2. The lowest BCUT2D eigenvalue weighted by molar-refractivity contribution is -0.139. The highest BCUT2D eigenvalue weighted by Gasteiger charge is 2.37. The molecule has 1 amide bonds. The second kappa shape index (κ2) is 6.02. The van der Waals surface area contributed by atoms with Crippen LogP contribution < -0.4 is 4.90 Å². The Morgan fingerprint density at radius 2 is 2.18 bits per heavy atom. The van der Waals surface area contributed by atoms with E-state index in [1.807, 2.05) is 18.2 Å². The molecule has 0 radical (unpaired) electrons. The Labute approximate surface area is 140 Å². The first-order valence-corrected chi connectivity index (χ1v) is 9.32. The van der Waals surface area contributed by atoms with Gasteiger partial charge in [0.1, 0.15) is 15.1 Å². The van der Waals surface area contributed by atoms with Crippen molar-refractivity contribution in [1.29, 1.82) is 0 Å². The molecule has 2 heterocycles. The summed E-state index contributed by atoms with van der Waals surface area (Å²) >= 11 is 6.42. The van der Waals surface area contributed by atoms with Crippen LogP contribution in [-0.2, 0) is 9.59 Å². The molecule has 1 aromatic rings. The van der Waals surface area contributed by atoms with Crippen molar-refractivity contribution in [2.45, 2.75) is 11.8 Å². The molecule has 0 bridgehead atoms. The fourth-order valence-electron chi connectivity index (χ4n) is 2.44. The molecule has 2 aliphatic rings. The summed E-state index contributed by atoms with van der Waals surface area (Å²) in [4.78, 5) is 28.0. The maximum Gasteiger partial charge on any atom is 0.323 e. The molecule has 1 saturated heterocycles. The van der Waals surface area contributed by atoms with Crippen molar-refractivity contribution in [3.05, 3.63) is 24.3 Å². The van der Waals surface area contributed by atoms with Crippen LogP contribution >= 0.6 is 34.5 Å². The molecule has 2 aliphatic heterocycles. The zero-order valence-corrected chi connectivity index (χ0v) is 14.3. The normalized spacial score (nSPS) is 22.4. The maximum atomic E-state index is 12.5. The van der Waals surface area contributed by atoms with Gasteiger partial charge in [-0.2, -0.15) is 0 Å². The second-order valence-corrected chi connectivity index (χ2v) is 8.57. The van der Waals surface area contributed by atoms with Gasteiger partial charge in [0, 0.05) is 11.4 Å². The van der Waals surface area contributed by atoms with Crippen molar-refractivity contribution in [3.8, 4) is 0 Å². The van der Waals surface area contributed by atoms with Gasteiger partial charge in [0.15, 0.2) is 0 Å². The summed E-state index contributed by atoms with van der Waals surface area (Å²) in [6.45, 7) is 2.58.